The summed E-state index contributed by atoms with van der Waals surface area (Å²) in [4.78, 5) is 40.2. The van der Waals surface area contributed by atoms with Crippen LogP contribution in [0.1, 0.15) is 19.8 Å². The molecule has 0 unspecified atom stereocenters. The predicted molar refractivity (Wildman–Crippen MR) is 115 cm³/mol. The molecule has 3 aromatic rings. The Morgan fingerprint density at radius 1 is 1.03 bits per heavy atom. The van der Waals surface area contributed by atoms with Gasteiger partial charge in [0.15, 0.2) is 0 Å². The summed E-state index contributed by atoms with van der Waals surface area (Å²) < 4.78 is 16.9. The standard InChI is InChI=1S/C22H23FN4O3/c1-2-26-21(29)15-8-3-4-10-17(15)27(22(26)30)14-19(28)24-20-16(23)9-7-11-18(20)25-12-5-6-13-25/h3-4,7-11H,2,5-6,12-14H2,1H3,(H,24,28). The Bertz CT molecular complexity index is 1230. The number of para-hydroxylation sites is 2. The molecule has 1 saturated heterocycles. The van der Waals surface area contributed by atoms with Gasteiger partial charge in [0, 0.05) is 19.6 Å². The van der Waals surface area contributed by atoms with Crippen molar-refractivity contribution in [1.82, 2.24) is 9.13 Å². The minimum atomic E-state index is -0.565. The van der Waals surface area contributed by atoms with Crippen molar-refractivity contribution in [3.63, 3.8) is 0 Å². The molecule has 0 radical (unpaired) electrons. The summed E-state index contributed by atoms with van der Waals surface area (Å²) in [5, 5.41) is 3.00. The highest BCUT2D eigenvalue weighted by atomic mass is 19.1. The lowest BCUT2D eigenvalue weighted by molar-refractivity contribution is -0.116. The molecule has 1 aliphatic heterocycles. The number of nitrogens with one attached hydrogen (secondary N) is 1. The van der Waals surface area contributed by atoms with E-state index >= 15 is 0 Å². The first-order valence-corrected chi connectivity index (χ1v) is 10.1. The maximum Gasteiger partial charge on any atom is 0.331 e. The molecule has 0 aliphatic carbocycles. The lowest BCUT2D eigenvalue weighted by Gasteiger charge is -2.22. The summed E-state index contributed by atoms with van der Waals surface area (Å²) in [5.41, 5.74) is 0.174. The van der Waals surface area contributed by atoms with Crippen molar-refractivity contribution < 1.29 is 9.18 Å². The highest BCUT2D eigenvalue weighted by Crippen LogP contribution is 2.31. The number of carbonyl (C=O) groups is 1. The van der Waals surface area contributed by atoms with Gasteiger partial charge >= 0.3 is 5.69 Å². The van der Waals surface area contributed by atoms with E-state index < -0.39 is 17.4 Å². The summed E-state index contributed by atoms with van der Waals surface area (Å²) >= 11 is 0. The second kappa shape index (κ2) is 8.14. The molecule has 2 aromatic carbocycles. The molecule has 1 fully saturated rings. The van der Waals surface area contributed by atoms with E-state index in [-0.39, 0.29) is 24.3 Å². The minimum Gasteiger partial charge on any atom is -0.370 e. The van der Waals surface area contributed by atoms with Gasteiger partial charge in [-0.05, 0) is 44.0 Å². The van der Waals surface area contributed by atoms with Gasteiger partial charge in [-0.2, -0.15) is 0 Å². The molecule has 1 aliphatic rings. The molecule has 30 heavy (non-hydrogen) atoms. The second-order valence-corrected chi connectivity index (χ2v) is 7.31. The van der Waals surface area contributed by atoms with Gasteiger partial charge in [0.05, 0.1) is 16.6 Å². The van der Waals surface area contributed by atoms with E-state index in [1.54, 1.807) is 43.3 Å². The van der Waals surface area contributed by atoms with Gasteiger partial charge in [-0.1, -0.05) is 18.2 Å². The Labute approximate surface area is 172 Å². The molecule has 1 aromatic heterocycles. The Morgan fingerprint density at radius 3 is 2.50 bits per heavy atom. The van der Waals surface area contributed by atoms with E-state index in [1.165, 1.54) is 10.6 Å². The van der Waals surface area contributed by atoms with Crippen LogP contribution in [0.5, 0.6) is 0 Å². The molecule has 8 heteroatoms. The van der Waals surface area contributed by atoms with Crippen molar-refractivity contribution in [2.75, 3.05) is 23.3 Å². The summed E-state index contributed by atoms with van der Waals surface area (Å²) in [6, 6.07) is 11.4. The zero-order chi connectivity index (χ0) is 21.3. The molecule has 1 N–H and O–H groups in total. The van der Waals surface area contributed by atoms with Gasteiger partial charge in [-0.3, -0.25) is 18.7 Å². The average Bonchev–Trinajstić information content (AvgIpc) is 3.28. The van der Waals surface area contributed by atoms with Crippen LogP contribution in [0, 0.1) is 5.82 Å². The fourth-order valence-corrected chi connectivity index (χ4v) is 3.98. The molecular formula is C22H23FN4O3. The number of nitrogens with zero attached hydrogens (tertiary/aromatic N) is 3. The van der Waals surface area contributed by atoms with Crippen LogP contribution in [-0.2, 0) is 17.9 Å². The van der Waals surface area contributed by atoms with Crippen LogP contribution >= 0.6 is 0 Å². The van der Waals surface area contributed by atoms with Crippen LogP contribution < -0.4 is 21.5 Å². The first-order chi connectivity index (χ1) is 14.5. The molecule has 156 valence electrons. The smallest absolute Gasteiger partial charge is 0.331 e. The third-order valence-electron chi connectivity index (χ3n) is 5.45. The molecule has 0 bridgehead atoms. The Balaban J connectivity index is 1.71. The number of amides is 1. The molecule has 7 nitrogen and oxygen atoms in total. The van der Waals surface area contributed by atoms with E-state index in [2.05, 4.69) is 5.32 Å². The lowest BCUT2D eigenvalue weighted by Crippen LogP contribution is -2.41. The molecule has 0 saturated carbocycles. The third kappa shape index (κ3) is 3.49. The Kier molecular flexibility index (Phi) is 5.39. The lowest BCUT2D eigenvalue weighted by atomic mass is 10.2. The number of anilines is 2. The number of hydrogen-bond acceptors (Lipinski definition) is 4. The van der Waals surface area contributed by atoms with Crippen molar-refractivity contribution in [3.8, 4) is 0 Å². The van der Waals surface area contributed by atoms with Gasteiger partial charge < -0.3 is 10.2 Å². The first kappa shape index (κ1) is 19.9. The van der Waals surface area contributed by atoms with Crippen LogP contribution in [0.2, 0.25) is 0 Å². The normalized spacial score (nSPS) is 13.7. The van der Waals surface area contributed by atoms with Crippen molar-refractivity contribution in [2.45, 2.75) is 32.9 Å². The second-order valence-electron chi connectivity index (χ2n) is 7.31. The van der Waals surface area contributed by atoms with Crippen molar-refractivity contribution in [3.05, 3.63) is 69.1 Å². The van der Waals surface area contributed by atoms with Gasteiger partial charge in [0.2, 0.25) is 5.91 Å². The molecular weight excluding hydrogens is 387 g/mol. The van der Waals surface area contributed by atoms with Crippen molar-refractivity contribution >= 4 is 28.2 Å². The number of rotatable bonds is 5. The van der Waals surface area contributed by atoms with Gasteiger partial charge in [-0.25, -0.2) is 9.18 Å². The van der Waals surface area contributed by atoms with Crippen LogP contribution in [0.15, 0.2) is 52.1 Å². The summed E-state index contributed by atoms with van der Waals surface area (Å²) in [6.07, 6.45) is 2.04. The Morgan fingerprint density at radius 2 is 1.77 bits per heavy atom. The minimum absolute atomic E-state index is 0.116. The maximum atomic E-state index is 14.6. The van der Waals surface area contributed by atoms with Gasteiger partial charge in [0.1, 0.15) is 18.0 Å². The largest absolute Gasteiger partial charge is 0.370 e. The maximum absolute atomic E-state index is 14.6. The van der Waals surface area contributed by atoms with Crippen molar-refractivity contribution in [1.29, 1.82) is 0 Å². The number of aromatic nitrogens is 2. The van der Waals surface area contributed by atoms with Gasteiger partial charge in [0.25, 0.3) is 5.56 Å². The topological polar surface area (TPSA) is 76.3 Å². The van der Waals surface area contributed by atoms with Crippen LogP contribution in [0.25, 0.3) is 10.9 Å². The first-order valence-electron chi connectivity index (χ1n) is 10.1. The zero-order valence-corrected chi connectivity index (χ0v) is 16.7. The summed E-state index contributed by atoms with van der Waals surface area (Å²) in [7, 11) is 0. The quantitative estimate of drug-likeness (QED) is 0.702. The molecule has 0 atom stereocenters. The van der Waals surface area contributed by atoms with E-state index in [0.29, 0.717) is 16.6 Å². The van der Waals surface area contributed by atoms with Crippen LogP contribution in [-0.4, -0.2) is 28.1 Å². The number of fused-ring (bicyclic) bond motifs is 1. The monoisotopic (exact) mass is 410 g/mol. The van der Waals surface area contributed by atoms with E-state index in [9.17, 15) is 18.8 Å². The molecule has 4 rings (SSSR count). The van der Waals surface area contributed by atoms with Crippen molar-refractivity contribution in [2.24, 2.45) is 0 Å². The van der Waals surface area contributed by atoms with Gasteiger partial charge in [-0.15, -0.1) is 0 Å². The van der Waals surface area contributed by atoms with Crippen LogP contribution in [0.3, 0.4) is 0 Å². The summed E-state index contributed by atoms with van der Waals surface area (Å²) in [6.45, 7) is 3.17. The van der Waals surface area contributed by atoms with E-state index in [0.717, 1.165) is 30.5 Å². The highest BCUT2D eigenvalue weighted by Gasteiger charge is 2.21. The fourth-order valence-electron chi connectivity index (χ4n) is 3.98. The predicted octanol–water partition coefficient (Wildman–Crippen LogP) is 2.56. The third-order valence-corrected chi connectivity index (χ3v) is 5.45. The van der Waals surface area contributed by atoms with E-state index in [4.69, 9.17) is 0 Å². The molecule has 1 amide bonds. The number of carbonyl (C=O) groups excluding carboxylic acids is 1. The average molecular weight is 410 g/mol. The van der Waals surface area contributed by atoms with E-state index in [1.807, 2.05) is 4.90 Å². The SMILES string of the molecule is CCn1c(=O)c2ccccc2n(CC(=O)Nc2c(F)cccc2N2CCCC2)c1=O. The van der Waals surface area contributed by atoms with Crippen LogP contribution in [0.4, 0.5) is 15.8 Å². The number of benzene rings is 2. The fraction of sp³-hybridized carbons (Fsp3) is 0.318. The Hall–Kier alpha value is -3.42. The highest BCUT2D eigenvalue weighted by molar-refractivity contribution is 5.95. The molecule has 2 heterocycles. The molecule has 0 spiro atoms. The number of halogens is 1. The zero-order valence-electron chi connectivity index (χ0n) is 16.7. The number of hydrogen-bond donors (Lipinski definition) is 1. The summed E-state index contributed by atoms with van der Waals surface area (Å²) in [5.74, 6) is -1.06.